The second kappa shape index (κ2) is 5.06. The van der Waals surface area contributed by atoms with Crippen molar-refractivity contribution in [1.82, 2.24) is 9.97 Å². The summed E-state index contributed by atoms with van der Waals surface area (Å²) in [5, 5.41) is 0. The number of ketones is 1. The minimum absolute atomic E-state index is 0.209. The molecular weight excluding hydrogens is 260 g/mol. The zero-order chi connectivity index (χ0) is 14.2. The summed E-state index contributed by atoms with van der Waals surface area (Å²) in [6, 6.07) is 8.57. The molecule has 0 fully saturated rings. The van der Waals surface area contributed by atoms with Gasteiger partial charge in [0.2, 0.25) is 0 Å². The number of hydrogen-bond donors (Lipinski definition) is 0. The summed E-state index contributed by atoms with van der Waals surface area (Å²) in [6.07, 6.45) is 7.51. The Morgan fingerprint density at radius 2 is 1.90 bits per heavy atom. The van der Waals surface area contributed by atoms with Crippen LogP contribution in [0.3, 0.4) is 0 Å². The molecule has 3 nitrogen and oxygen atoms in total. The molecule has 0 radical (unpaired) electrons. The van der Waals surface area contributed by atoms with Crippen LogP contribution >= 0.6 is 0 Å². The van der Waals surface area contributed by atoms with Gasteiger partial charge in [-0.15, -0.1) is 0 Å². The molecule has 2 aliphatic rings. The molecule has 0 saturated carbocycles. The Morgan fingerprint density at radius 1 is 1.05 bits per heavy atom. The molecule has 0 N–H and O–H groups in total. The number of carbonyl (C=O) groups excluding carboxylic acids is 1. The fourth-order valence-corrected chi connectivity index (χ4v) is 3.56. The van der Waals surface area contributed by atoms with Gasteiger partial charge in [0.1, 0.15) is 5.82 Å². The first-order valence-corrected chi connectivity index (χ1v) is 7.80. The monoisotopic (exact) mass is 278 g/mol. The molecule has 106 valence electrons. The fourth-order valence-electron chi connectivity index (χ4n) is 3.56. The van der Waals surface area contributed by atoms with Crippen LogP contribution in [0.15, 0.2) is 30.5 Å². The quantitative estimate of drug-likeness (QED) is 0.750. The fraction of sp³-hybridized carbons (Fsp3) is 0.389. The summed E-state index contributed by atoms with van der Waals surface area (Å²) >= 11 is 0. The molecular formula is C18H18N2O. The van der Waals surface area contributed by atoms with E-state index in [2.05, 4.69) is 29.2 Å². The summed E-state index contributed by atoms with van der Waals surface area (Å²) in [4.78, 5) is 21.4. The van der Waals surface area contributed by atoms with E-state index in [1.807, 2.05) is 0 Å². The van der Waals surface area contributed by atoms with Crippen molar-refractivity contribution >= 4 is 5.78 Å². The summed E-state index contributed by atoms with van der Waals surface area (Å²) in [7, 11) is 0. The minimum Gasteiger partial charge on any atom is -0.294 e. The summed E-state index contributed by atoms with van der Waals surface area (Å²) in [5.41, 5.74) is 4.49. The van der Waals surface area contributed by atoms with E-state index in [1.165, 1.54) is 11.1 Å². The molecule has 21 heavy (non-hydrogen) atoms. The zero-order valence-corrected chi connectivity index (χ0v) is 12.0. The van der Waals surface area contributed by atoms with Crippen LogP contribution < -0.4 is 0 Å². The van der Waals surface area contributed by atoms with Crippen molar-refractivity contribution in [3.8, 4) is 0 Å². The van der Waals surface area contributed by atoms with E-state index in [-0.39, 0.29) is 5.78 Å². The third-order valence-corrected chi connectivity index (χ3v) is 4.70. The van der Waals surface area contributed by atoms with Gasteiger partial charge in [0.15, 0.2) is 5.78 Å². The van der Waals surface area contributed by atoms with Crippen LogP contribution in [-0.4, -0.2) is 15.8 Å². The number of aromatic nitrogens is 2. The van der Waals surface area contributed by atoms with Gasteiger partial charge in [0.05, 0.1) is 11.3 Å². The average molecular weight is 278 g/mol. The maximum Gasteiger partial charge on any atom is 0.166 e. The smallest absolute Gasteiger partial charge is 0.166 e. The molecule has 1 atom stereocenters. The van der Waals surface area contributed by atoms with Crippen molar-refractivity contribution in [2.75, 3.05) is 0 Å². The van der Waals surface area contributed by atoms with E-state index >= 15 is 0 Å². The van der Waals surface area contributed by atoms with Gasteiger partial charge < -0.3 is 0 Å². The van der Waals surface area contributed by atoms with Crippen molar-refractivity contribution in [2.45, 2.75) is 44.4 Å². The number of fused-ring (bicyclic) bond motifs is 2. The number of aryl methyl sites for hydroxylation is 2. The number of hydrogen-bond acceptors (Lipinski definition) is 3. The second-order valence-corrected chi connectivity index (χ2v) is 6.01. The van der Waals surface area contributed by atoms with Gasteiger partial charge in [-0.1, -0.05) is 24.3 Å². The van der Waals surface area contributed by atoms with Gasteiger partial charge in [0.25, 0.3) is 0 Å². The first kappa shape index (κ1) is 12.7. The van der Waals surface area contributed by atoms with Crippen molar-refractivity contribution < 1.29 is 4.79 Å². The highest BCUT2D eigenvalue weighted by atomic mass is 16.1. The number of carbonyl (C=O) groups is 1. The molecule has 2 aromatic rings. The number of benzene rings is 1. The molecule has 4 rings (SSSR count). The molecule has 1 heterocycles. The van der Waals surface area contributed by atoms with Crippen LogP contribution in [0.1, 0.15) is 64.6 Å². The highest BCUT2D eigenvalue weighted by Gasteiger charge is 2.27. The Hall–Kier alpha value is -2.03. The van der Waals surface area contributed by atoms with Crippen LogP contribution in [0.4, 0.5) is 0 Å². The standard InChI is InChI=1S/C18H18N2O/c21-17-8-4-3-7-16-15(17)11-19-18(20-16)14-10-9-12-5-1-2-6-13(12)14/h1-2,5-6,11,14H,3-4,7-10H2. The molecule has 0 amide bonds. The van der Waals surface area contributed by atoms with Crippen molar-refractivity contribution in [1.29, 1.82) is 0 Å². The molecule has 1 aromatic heterocycles. The summed E-state index contributed by atoms with van der Waals surface area (Å²) in [6.45, 7) is 0. The van der Waals surface area contributed by atoms with Gasteiger partial charge in [-0.05, 0) is 43.2 Å². The van der Waals surface area contributed by atoms with Crippen LogP contribution in [0.5, 0.6) is 0 Å². The predicted molar refractivity (Wildman–Crippen MR) is 80.5 cm³/mol. The maximum atomic E-state index is 12.1. The second-order valence-electron chi connectivity index (χ2n) is 6.01. The third kappa shape index (κ3) is 2.17. The topological polar surface area (TPSA) is 42.9 Å². The predicted octanol–water partition coefficient (Wildman–Crippen LogP) is 3.46. The molecule has 3 heteroatoms. The van der Waals surface area contributed by atoms with E-state index in [0.717, 1.165) is 49.2 Å². The lowest BCUT2D eigenvalue weighted by atomic mass is 10.00. The van der Waals surface area contributed by atoms with Crippen LogP contribution in [-0.2, 0) is 12.8 Å². The third-order valence-electron chi connectivity index (χ3n) is 4.70. The highest BCUT2D eigenvalue weighted by molar-refractivity contribution is 5.97. The van der Waals surface area contributed by atoms with Crippen molar-refractivity contribution in [2.24, 2.45) is 0 Å². The number of rotatable bonds is 1. The molecule has 0 aliphatic heterocycles. The first-order chi connectivity index (χ1) is 10.3. The normalized spacial score (nSPS) is 20.8. The summed E-state index contributed by atoms with van der Waals surface area (Å²) < 4.78 is 0. The first-order valence-electron chi connectivity index (χ1n) is 7.80. The van der Waals surface area contributed by atoms with Gasteiger partial charge in [-0.25, -0.2) is 9.97 Å². The van der Waals surface area contributed by atoms with E-state index in [0.29, 0.717) is 12.3 Å². The Labute approximate surface area is 124 Å². The van der Waals surface area contributed by atoms with E-state index < -0.39 is 0 Å². The van der Waals surface area contributed by atoms with Crippen LogP contribution in [0, 0.1) is 0 Å². The molecule has 2 aliphatic carbocycles. The van der Waals surface area contributed by atoms with Crippen molar-refractivity contribution in [3.63, 3.8) is 0 Å². The minimum atomic E-state index is 0.209. The molecule has 1 unspecified atom stereocenters. The van der Waals surface area contributed by atoms with E-state index in [9.17, 15) is 4.79 Å². The lowest BCUT2D eigenvalue weighted by Gasteiger charge is -2.12. The Kier molecular flexibility index (Phi) is 3.06. The summed E-state index contributed by atoms with van der Waals surface area (Å²) in [5.74, 6) is 1.40. The lowest BCUT2D eigenvalue weighted by molar-refractivity contribution is 0.0981. The van der Waals surface area contributed by atoms with Gasteiger partial charge >= 0.3 is 0 Å². The molecule has 0 saturated heterocycles. The SMILES string of the molecule is O=C1CCCCc2nc(C3CCc4ccccc43)ncc21. The Morgan fingerprint density at radius 3 is 2.86 bits per heavy atom. The average Bonchev–Trinajstić information content (AvgIpc) is 2.86. The zero-order valence-electron chi connectivity index (χ0n) is 12.0. The highest BCUT2D eigenvalue weighted by Crippen LogP contribution is 2.36. The van der Waals surface area contributed by atoms with Gasteiger partial charge in [0, 0.05) is 18.5 Å². The van der Waals surface area contributed by atoms with E-state index in [4.69, 9.17) is 4.98 Å². The largest absolute Gasteiger partial charge is 0.294 e. The number of nitrogens with zero attached hydrogens (tertiary/aromatic N) is 2. The van der Waals surface area contributed by atoms with Crippen LogP contribution in [0.2, 0.25) is 0 Å². The van der Waals surface area contributed by atoms with E-state index in [1.54, 1.807) is 6.20 Å². The molecule has 0 bridgehead atoms. The maximum absolute atomic E-state index is 12.1. The van der Waals surface area contributed by atoms with Gasteiger partial charge in [-0.2, -0.15) is 0 Å². The van der Waals surface area contributed by atoms with Gasteiger partial charge in [-0.3, -0.25) is 4.79 Å². The Bertz CT molecular complexity index is 708. The molecule has 1 aromatic carbocycles. The molecule has 0 spiro atoms. The number of Topliss-reactive ketones (excluding diaryl/α,β-unsaturated/α-hetero) is 1. The Balaban J connectivity index is 1.75. The lowest BCUT2D eigenvalue weighted by Crippen LogP contribution is -2.10. The van der Waals surface area contributed by atoms with Crippen LogP contribution in [0.25, 0.3) is 0 Å². The van der Waals surface area contributed by atoms with Crippen molar-refractivity contribution in [3.05, 3.63) is 58.7 Å².